The van der Waals surface area contributed by atoms with E-state index < -0.39 is 17.2 Å². The van der Waals surface area contributed by atoms with Crippen LogP contribution in [0.5, 0.6) is 11.5 Å². The van der Waals surface area contributed by atoms with E-state index in [9.17, 15) is 14.0 Å². The molecule has 2 aromatic carbocycles. The average Bonchev–Trinajstić information content (AvgIpc) is 2.67. The van der Waals surface area contributed by atoms with Crippen molar-refractivity contribution in [2.24, 2.45) is 5.41 Å². The number of halogens is 1. The Morgan fingerprint density at radius 3 is 2.37 bits per heavy atom. The molecule has 0 spiro atoms. The van der Waals surface area contributed by atoms with Crippen LogP contribution in [0.4, 0.5) is 10.1 Å². The number of benzene rings is 2. The summed E-state index contributed by atoms with van der Waals surface area (Å²) in [5.74, 6) is -0.0463. The average molecular weight is 372 g/mol. The van der Waals surface area contributed by atoms with Crippen LogP contribution in [-0.2, 0) is 16.1 Å². The lowest BCUT2D eigenvalue weighted by Crippen LogP contribution is -2.44. The monoisotopic (exact) mass is 372 g/mol. The predicted octanol–water partition coefficient (Wildman–Crippen LogP) is 2.88. The molecule has 0 radical (unpaired) electrons. The van der Waals surface area contributed by atoms with Crippen LogP contribution < -0.4 is 20.1 Å². The maximum Gasteiger partial charge on any atom is 0.239 e. The van der Waals surface area contributed by atoms with Crippen LogP contribution in [0.2, 0.25) is 0 Å². The highest BCUT2D eigenvalue weighted by atomic mass is 19.1. The van der Waals surface area contributed by atoms with E-state index in [1.165, 1.54) is 12.1 Å². The zero-order chi connectivity index (χ0) is 19.4. The second-order valence-electron chi connectivity index (χ2n) is 6.75. The standard InChI is InChI=1S/C20H21FN2O4/c1-20(2,18(24)22-12-13-3-5-14(21)6-4-13)19(25)23-15-7-8-16-17(11-15)27-10-9-26-16/h3-8,11H,9-10,12H2,1-2H3,(H,22,24)(H,23,25). The summed E-state index contributed by atoms with van der Waals surface area (Å²) in [6, 6.07) is 10.9. The fourth-order valence-corrected chi connectivity index (χ4v) is 2.52. The van der Waals surface area contributed by atoms with E-state index in [0.717, 1.165) is 5.56 Å². The van der Waals surface area contributed by atoms with E-state index in [1.54, 1.807) is 44.2 Å². The Bertz CT molecular complexity index is 850. The van der Waals surface area contributed by atoms with Gasteiger partial charge in [0.2, 0.25) is 11.8 Å². The zero-order valence-corrected chi connectivity index (χ0v) is 15.2. The van der Waals surface area contributed by atoms with Crippen molar-refractivity contribution in [2.75, 3.05) is 18.5 Å². The third-order valence-corrected chi connectivity index (χ3v) is 4.30. The second-order valence-corrected chi connectivity index (χ2v) is 6.75. The number of rotatable bonds is 5. The molecule has 0 saturated heterocycles. The van der Waals surface area contributed by atoms with Crippen LogP contribution in [0.15, 0.2) is 42.5 Å². The van der Waals surface area contributed by atoms with E-state index in [0.29, 0.717) is 30.4 Å². The highest BCUT2D eigenvalue weighted by Crippen LogP contribution is 2.33. The van der Waals surface area contributed by atoms with Gasteiger partial charge in [-0.1, -0.05) is 12.1 Å². The minimum atomic E-state index is -1.30. The molecule has 6 nitrogen and oxygen atoms in total. The summed E-state index contributed by atoms with van der Waals surface area (Å²) in [4.78, 5) is 25.1. The van der Waals surface area contributed by atoms with Gasteiger partial charge < -0.3 is 20.1 Å². The summed E-state index contributed by atoms with van der Waals surface area (Å²) >= 11 is 0. The van der Waals surface area contributed by atoms with Gasteiger partial charge in [-0.2, -0.15) is 0 Å². The highest BCUT2D eigenvalue weighted by Gasteiger charge is 2.36. The fraction of sp³-hybridized carbons (Fsp3) is 0.300. The van der Waals surface area contributed by atoms with Crippen molar-refractivity contribution in [1.29, 1.82) is 0 Å². The van der Waals surface area contributed by atoms with Crippen LogP contribution in [0.3, 0.4) is 0 Å². The molecular formula is C20H21FN2O4. The summed E-state index contributed by atoms with van der Waals surface area (Å²) in [7, 11) is 0. The minimum Gasteiger partial charge on any atom is -0.486 e. The van der Waals surface area contributed by atoms with Crippen molar-refractivity contribution in [3.63, 3.8) is 0 Å². The largest absolute Gasteiger partial charge is 0.486 e. The Balaban J connectivity index is 1.61. The number of hydrogen-bond acceptors (Lipinski definition) is 4. The normalized spacial score (nSPS) is 13.0. The van der Waals surface area contributed by atoms with Crippen LogP contribution >= 0.6 is 0 Å². The molecule has 0 aromatic heterocycles. The van der Waals surface area contributed by atoms with E-state index in [2.05, 4.69) is 10.6 Å². The second kappa shape index (κ2) is 7.65. The molecule has 27 heavy (non-hydrogen) atoms. The first-order valence-corrected chi connectivity index (χ1v) is 8.60. The first-order chi connectivity index (χ1) is 12.9. The molecule has 1 aliphatic rings. The lowest BCUT2D eigenvalue weighted by molar-refractivity contribution is -0.138. The first-order valence-electron chi connectivity index (χ1n) is 8.60. The maximum absolute atomic E-state index is 12.9. The third kappa shape index (κ3) is 4.36. The van der Waals surface area contributed by atoms with Crippen molar-refractivity contribution in [3.8, 4) is 11.5 Å². The lowest BCUT2D eigenvalue weighted by Gasteiger charge is -2.24. The number of anilines is 1. The van der Waals surface area contributed by atoms with Gasteiger partial charge in [0.25, 0.3) is 0 Å². The highest BCUT2D eigenvalue weighted by molar-refractivity contribution is 6.09. The summed E-state index contributed by atoms with van der Waals surface area (Å²) in [6.45, 7) is 4.22. The summed E-state index contributed by atoms with van der Waals surface area (Å²) < 4.78 is 23.9. The molecule has 0 unspecified atom stereocenters. The quantitative estimate of drug-likeness (QED) is 0.792. The maximum atomic E-state index is 12.9. The molecule has 0 fully saturated rings. The Hall–Kier alpha value is -3.09. The number of hydrogen-bond donors (Lipinski definition) is 2. The molecule has 1 aliphatic heterocycles. The molecule has 2 N–H and O–H groups in total. The molecule has 0 atom stereocenters. The van der Waals surface area contributed by atoms with Gasteiger partial charge in [-0.15, -0.1) is 0 Å². The molecule has 2 amide bonds. The Labute approximate surface area is 156 Å². The van der Waals surface area contributed by atoms with Crippen molar-refractivity contribution in [1.82, 2.24) is 5.32 Å². The number of amides is 2. The van der Waals surface area contributed by atoms with Crippen molar-refractivity contribution < 1.29 is 23.5 Å². The number of fused-ring (bicyclic) bond motifs is 1. The SMILES string of the molecule is CC(C)(C(=O)NCc1ccc(F)cc1)C(=O)Nc1ccc2c(c1)OCCO2. The number of nitrogens with one attached hydrogen (secondary N) is 2. The summed E-state index contributed by atoms with van der Waals surface area (Å²) in [5, 5.41) is 5.44. The van der Waals surface area contributed by atoms with Crippen molar-refractivity contribution in [3.05, 3.63) is 53.8 Å². The molecule has 1 heterocycles. The first kappa shape index (κ1) is 18.7. The van der Waals surface area contributed by atoms with E-state index >= 15 is 0 Å². The lowest BCUT2D eigenvalue weighted by atomic mass is 9.90. The Morgan fingerprint density at radius 1 is 1.00 bits per heavy atom. The van der Waals surface area contributed by atoms with E-state index in [4.69, 9.17) is 9.47 Å². The van der Waals surface area contributed by atoms with Gasteiger partial charge >= 0.3 is 0 Å². The van der Waals surface area contributed by atoms with Gasteiger partial charge in [0.15, 0.2) is 11.5 Å². The van der Waals surface area contributed by atoms with Gasteiger partial charge in [0.1, 0.15) is 24.4 Å². The molecule has 0 aliphatic carbocycles. The predicted molar refractivity (Wildman–Crippen MR) is 98.1 cm³/mol. The molecule has 0 bridgehead atoms. The summed E-state index contributed by atoms with van der Waals surface area (Å²) in [5.41, 5.74) is -0.0377. The smallest absolute Gasteiger partial charge is 0.239 e. The Kier molecular flexibility index (Phi) is 5.30. The zero-order valence-electron chi connectivity index (χ0n) is 15.2. The van der Waals surface area contributed by atoms with Gasteiger partial charge in [-0.3, -0.25) is 9.59 Å². The third-order valence-electron chi connectivity index (χ3n) is 4.30. The van der Waals surface area contributed by atoms with Gasteiger partial charge in [0, 0.05) is 18.3 Å². The fourth-order valence-electron chi connectivity index (χ4n) is 2.52. The number of carbonyl (C=O) groups excluding carboxylic acids is 2. The van der Waals surface area contributed by atoms with Gasteiger partial charge in [0.05, 0.1) is 0 Å². The Morgan fingerprint density at radius 2 is 1.67 bits per heavy atom. The van der Waals surface area contributed by atoms with E-state index in [-0.39, 0.29) is 12.4 Å². The van der Waals surface area contributed by atoms with E-state index in [1.807, 2.05) is 0 Å². The van der Waals surface area contributed by atoms with Crippen molar-refractivity contribution in [2.45, 2.75) is 20.4 Å². The summed E-state index contributed by atoms with van der Waals surface area (Å²) in [6.07, 6.45) is 0. The number of carbonyl (C=O) groups is 2. The minimum absolute atomic E-state index is 0.208. The molecule has 3 rings (SSSR count). The molecule has 7 heteroatoms. The molecule has 0 saturated carbocycles. The molecule has 2 aromatic rings. The molecular weight excluding hydrogens is 351 g/mol. The van der Waals surface area contributed by atoms with Gasteiger partial charge in [-0.25, -0.2) is 4.39 Å². The van der Waals surface area contributed by atoms with Gasteiger partial charge in [-0.05, 0) is 43.7 Å². The number of ether oxygens (including phenoxy) is 2. The van der Waals surface area contributed by atoms with Crippen LogP contribution in [0.25, 0.3) is 0 Å². The van der Waals surface area contributed by atoms with Crippen LogP contribution in [-0.4, -0.2) is 25.0 Å². The van der Waals surface area contributed by atoms with Crippen LogP contribution in [0.1, 0.15) is 19.4 Å². The van der Waals surface area contributed by atoms with Crippen LogP contribution in [0, 0.1) is 11.2 Å². The van der Waals surface area contributed by atoms with Crippen molar-refractivity contribution >= 4 is 17.5 Å². The topological polar surface area (TPSA) is 76.7 Å². The molecule has 142 valence electrons.